The van der Waals surface area contributed by atoms with E-state index in [-0.39, 0.29) is 24.8 Å². The molecule has 3 nitrogen and oxygen atoms in total. The number of nitrogens with one attached hydrogen (secondary N) is 2. The number of hydrogen-bond acceptors (Lipinski definition) is 2. The van der Waals surface area contributed by atoms with Crippen LogP contribution in [-0.4, -0.2) is 23.3 Å². The highest BCUT2D eigenvalue weighted by Crippen LogP contribution is 2.18. The molecular weight excluding hydrogens is 197 g/mol. The second kappa shape index (κ2) is 5.41. The normalized spacial score (nSPS) is 21.2. The summed E-state index contributed by atoms with van der Waals surface area (Å²) in [4.78, 5) is 0. The van der Waals surface area contributed by atoms with Gasteiger partial charge < -0.3 is 5.32 Å². The molecule has 0 bridgehead atoms. The van der Waals surface area contributed by atoms with E-state index in [0.717, 1.165) is 13.1 Å². The van der Waals surface area contributed by atoms with Crippen LogP contribution in [-0.2, 0) is 0 Å². The van der Waals surface area contributed by atoms with Crippen LogP contribution in [0.4, 0.5) is 0 Å². The minimum atomic E-state index is 0. The number of rotatable bonds is 1. The van der Waals surface area contributed by atoms with Crippen molar-refractivity contribution in [1.82, 2.24) is 15.5 Å². The highest BCUT2D eigenvalue weighted by molar-refractivity contribution is 5.85. The maximum absolute atomic E-state index is 3.91. The molecule has 2 N–H and O–H groups in total. The van der Waals surface area contributed by atoms with E-state index in [2.05, 4.69) is 21.6 Å². The summed E-state index contributed by atoms with van der Waals surface area (Å²) >= 11 is 0. The molecule has 0 radical (unpaired) electrons. The van der Waals surface area contributed by atoms with Crippen LogP contribution in [0.15, 0.2) is 12.3 Å². The standard InChI is InChI=1S/C7H11N3.2ClH/c1-3-8-5-6(1)7-2-4-9-10-7;;/h2,4,6,8H,1,3,5H2,(H,9,10);2*1H. The fourth-order valence-corrected chi connectivity index (χ4v) is 1.41. The molecule has 1 saturated heterocycles. The van der Waals surface area contributed by atoms with Crippen molar-refractivity contribution in [2.45, 2.75) is 12.3 Å². The molecular formula is C7H13Cl2N3. The van der Waals surface area contributed by atoms with Gasteiger partial charge in [0.05, 0.1) is 0 Å². The fraction of sp³-hybridized carbons (Fsp3) is 0.571. The van der Waals surface area contributed by atoms with Gasteiger partial charge in [0.1, 0.15) is 0 Å². The highest BCUT2D eigenvalue weighted by atomic mass is 35.5. The van der Waals surface area contributed by atoms with Crippen LogP contribution in [0.5, 0.6) is 0 Å². The van der Waals surface area contributed by atoms with Gasteiger partial charge in [-0.2, -0.15) is 5.10 Å². The lowest BCUT2D eigenvalue weighted by atomic mass is 10.1. The molecule has 12 heavy (non-hydrogen) atoms. The lowest BCUT2D eigenvalue weighted by Crippen LogP contribution is -2.08. The number of H-pyrrole nitrogens is 1. The Morgan fingerprint density at radius 1 is 1.42 bits per heavy atom. The lowest BCUT2D eigenvalue weighted by molar-refractivity contribution is 0.729. The van der Waals surface area contributed by atoms with Gasteiger partial charge in [0.2, 0.25) is 0 Å². The third kappa shape index (κ3) is 2.37. The summed E-state index contributed by atoms with van der Waals surface area (Å²) in [5.74, 6) is 0.669. The van der Waals surface area contributed by atoms with Gasteiger partial charge in [-0.05, 0) is 19.0 Å². The van der Waals surface area contributed by atoms with E-state index in [1.165, 1.54) is 12.1 Å². The Kier molecular flexibility index (Phi) is 5.29. The van der Waals surface area contributed by atoms with Crippen LogP contribution in [0.25, 0.3) is 0 Å². The topological polar surface area (TPSA) is 40.7 Å². The summed E-state index contributed by atoms with van der Waals surface area (Å²) in [5.41, 5.74) is 1.27. The molecule has 1 aliphatic rings. The van der Waals surface area contributed by atoms with Crippen LogP contribution in [0, 0.1) is 0 Å². The zero-order valence-electron chi connectivity index (χ0n) is 6.62. The Morgan fingerprint density at radius 3 is 2.75 bits per heavy atom. The first-order valence-corrected chi connectivity index (χ1v) is 3.67. The summed E-state index contributed by atoms with van der Waals surface area (Å²) < 4.78 is 0. The Balaban J connectivity index is 0.000000605. The smallest absolute Gasteiger partial charge is 0.0490 e. The van der Waals surface area contributed by atoms with Crippen LogP contribution < -0.4 is 5.32 Å². The minimum absolute atomic E-state index is 0. The van der Waals surface area contributed by atoms with Crippen molar-refractivity contribution in [3.8, 4) is 0 Å². The molecule has 0 saturated carbocycles. The predicted molar refractivity (Wildman–Crippen MR) is 53.3 cm³/mol. The molecule has 5 heteroatoms. The van der Waals surface area contributed by atoms with Gasteiger partial charge >= 0.3 is 0 Å². The molecule has 1 unspecified atom stereocenters. The molecule has 1 aliphatic heterocycles. The van der Waals surface area contributed by atoms with E-state index in [9.17, 15) is 0 Å². The zero-order valence-corrected chi connectivity index (χ0v) is 8.25. The summed E-state index contributed by atoms with van der Waals surface area (Å²) in [7, 11) is 0. The van der Waals surface area contributed by atoms with Crippen LogP contribution in [0.1, 0.15) is 18.0 Å². The van der Waals surface area contributed by atoms with Gasteiger partial charge in [-0.3, -0.25) is 5.10 Å². The van der Waals surface area contributed by atoms with Crippen LogP contribution >= 0.6 is 24.8 Å². The van der Waals surface area contributed by atoms with E-state index >= 15 is 0 Å². The molecule has 2 rings (SSSR count). The summed E-state index contributed by atoms with van der Waals surface area (Å²) in [6.07, 6.45) is 3.05. The average molecular weight is 210 g/mol. The van der Waals surface area contributed by atoms with Crippen molar-refractivity contribution >= 4 is 24.8 Å². The van der Waals surface area contributed by atoms with E-state index < -0.39 is 0 Å². The number of aromatic nitrogens is 2. The first kappa shape index (κ1) is 11.8. The van der Waals surface area contributed by atoms with Crippen LogP contribution in [0.2, 0.25) is 0 Å². The van der Waals surface area contributed by atoms with Gasteiger partial charge in [-0.25, -0.2) is 0 Å². The third-order valence-corrected chi connectivity index (χ3v) is 2.02. The Labute approximate surface area is 84.1 Å². The summed E-state index contributed by atoms with van der Waals surface area (Å²) in [5, 5.41) is 10.2. The Hall–Kier alpha value is -0.250. The van der Waals surface area contributed by atoms with Gasteiger partial charge in [0.25, 0.3) is 0 Å². The van der Waals surface area contributed by atoms with Crippen molar-refractivity contribution in [3.05, 3.63) is 18.0 Å². The molecule has 2 heterocycles. The summed E-state index contributed by atoms with van der Waals surface area (Å²) in [6, 6.07) is 2.05. The third-order valence-electron chi connectivity index (χ3n) is 2.02. The maximum Gasteiger partial charge on any atom is 0.0490 e. The largest absolute Gasteiger partial charge is 0.316 e. The van der Waals surface area contributed by atoms with Gasteiger partial charge in [0.15, 0.2) is 0 Å². The monoisotopic (exact) mass is 209 g/mol. The van der Waals surface area contributed by atoms with Gasteiger partial charge in [-0.1, -0.05) is 0 Å². The van der Waals surface area contributed by atoms with Crippen molar-refractivity contribution in [1.29, 1.82) is 0 Å². The highest BCUT2D eigenvalue weighted by Gasteiger charge is 2.16. The number of nitrogens with zero attached hydrogens (tertiary/aromatic N) is 1. The first-order valence-electron chi connectivity index (χ1n) is 3.67. The maximum atomic E-state index is 3.91. The van der Waals surface area contributed by atoms with E-state index in [4.69, 9.17) is 0 Å². The van der Waals surface area contributed by atoms with E-state index in [1.54, 1.807) is 0 Å². The van der Waals surface area contributed by atoms with Crippen molar-refractivity contribution < 1.29 is 0 Å². The molecule has 1 aromatic rings. The van der Waals surface area contributed by atoms with Gasteiger partial charge in [0, 0.05) is 24.4 Å². The number of halogens is 2. The SMILES string of the molecule is Cl.Cl.c1cc(C2CCNC2)[nH]n1. The fourth-order valence-electron chi connectivity index (χ4n) is 1.41. The van der Waals surface area contributed by atoms with Crippen molar-refractivity contribution in [3.63, 3.8) is 0 Å². The molecule has 0 amide bonds. The van der Waals surface area contributed by atoms with E-state index in [0.29, 0.717) is 5.92 Å². The second-order valence-electron chi connectivity index (χ2n) is 2.70. The molecule has 1 aromatic heterocycles. The lowest BCUT2D eigenvalue weighted by Gasteiger charge is -2.02. The molecule has 1 fully saturated rings. The quantitative estimate of drug-likeness (QED) is 0.734. The van der Waals surface area contributed by atoms with Crippen LogP contribution in [0.3, 0.4) is 0 Å². The molecule has 0 aromatic carbocycles. The zero-order chi connectivity index (χ0) is 6.81. The minimum Gasteiger partial charge on any atom is -0.316 e. The predicted octanol–water partition coefficient (Wildman–Crippen LogP) is 1.33. The van der Waals surface area contributed by atoms with Gasteiger partial charge in [-0.15, -0.1) is 24.8 Å². The van der Waals surface area contributed by atoms with Crippen molar-refractivity contribution in [2.24, 2.45) is 0 Å². The first-order chi connectivity index (χ1) is 4.97. The number of aromatic amines is 1. The Morgan fingerprint density at radius 2 is 2.25 bits per heavy atom. The number of hydrogen-bond donors (Lipinski definition) is 2. The van der Waals surface area contributed by atoms with Crippen molar-refractivity contribution in [2.75, 3.05) is 13.1 Å². The molecule has 0 aliphatic carbocycles. The summed E-state index contributed by atoms with van der Waals surface area (Å²) in [6.45, 7) is 2.24. The molecule has 1 atom stereocenters. The Bertz CT molecular complexity index is 194. The molecule has 70 valence electrons. The molecule has 0 spiro atoms. The average Bonchev–Trinajstić information content (AvgIpc) is 2.59. The second-order valence-corrected chi connectivity index (χ2v) is 2.70. The van der Waals surface area contributed by atoms with E-state index in [1.807, 2.05) is 6.20 Å².